The smallest absolute Gasteiger partial charge is 0.191 e. The molecule has 0 fully saturated rings. The van der Waals surface area contributed by atoms with Gasteiger partial charge in [0, 0.05) is 25.2 Å². The zero-order valence-electron chi connectivity index (χ0n) is 14.1. The quantitative estimate of drug-likeness (QED) is 0.440. The van der Waals surface area contributed by atoms with E-state index in [1.807, 2.05) is 13.8 Å². The van der Waals surface area contributed by atoms with Crippen LogP contribution in [0.4, 0.5) is 0 Å². The van der Waals surface area contributed by atoms with Gasteiger partial charge in [-0.05, 0) is 46.0 Å². The van der Waals surface area contributed by atoms with Crippen molar-refractivity contribution in [1.82, 2.24) is 15.8 Å². The Hall–Kier alpha value is -1.52. The molecule has 1 aromatic heterocycles. The van der Waals surface area contributed by atoms with Gasteiger partial charge in [-0.1, -0.05) is 19.0 Å². The molecule has 21 heavy (non-hydrogen) atoms. The molecule has 0 unspecified atom stereocenters. The summed E-state index contributed by atoms with van der Waals surface area (Å²) < 4.78 is 5.18. The number of rotatable bonds is 8. The maximum Gasteiger partial charge on any atom is 0.191 e. The van der Waals surface area contributed by atoms with Gasteiger partial charge in [-0.15, -0.1) is 0 Å². The van der Waals surface area contributed by atoms with Crippen molar-refractivity contribution in [3.8, 4) is 0 Å². The lowest BCUT2D eigenvalue weighted by molar-refractivity contribution is 0.392. The predicted molar refractivity (Wildman–Crippen MR) is 87.7 cm³/mol. The molecule has 1 heterocycles. The Morgan fingerprint density at radius 2 is 2.05 bits per heavy atom. The summed E-state index contributed by atoms with van der Waals surface area (Å²) >= 11 is 0. The number of aliphatic imine (C=N–C) groups is 1. The molecule has 0 bridgehead atoms. The van der Waals surface area contributed by atoms with Gasteiger partial charge in [-0.2, -0.15) is 0 Å². The molecule has 0 aliphatic heterocycles. The van der Waals surface area contributed by atoms with E-state index in [0.29, 0.717) is 0 Å². The molecule has 0 aliphatic rings. The first-order valence-electron chi connectivity index (χ1n) is 7.98. The Morgan fingerprint density at radius 3 is 2.62 bits per heavy atom. The second kappa shape index (κ2) is 9.42. The molecule has 120 valence electrons. The molecule has 1 aromatic rings. The minimum absolute atomic E-state index is 0.746. The highest BCUT2D eigenvalue weighted by Crippen LogP contribution is 2.11. The lowest BCUT2D eigenvalue weighted by Gasteiger charge is -2.11. The molecule has 0 amide bonds. The predicted octanol–water partition coefficient (Wildman–Crippen LogP) is 2.83. The van der Waals surface area contributed by atoms with E-state index >= 15 is 0 Å². The second-order valence-electron chi connectivity index (χ2n) is 5.78. The van der Waals surface area contributed by atoms with Gasteiger partial charge in [-0.3, -0.25) is 4.99 Å². The number of guanidine groups is 1. The highest BCUT2D eigenvalue weighted by atomic mass is 16.5. The van der Waals surface area contributed by atoms with Crippen LogP contribution in [0.5, 0.6) is 0 Å². The SMILES string of the molecule is CCNC(=NCCCC(C)C)NCCc1c(C)noc1C. The van der Waals surface area contributed by atoms with Gasteiger partial charge in [0.1, 0.15) is 5.76 Å². The van der Waals surface area contributed by atoms with Crippen molar-refractivity contribution in [2.75, 3.05) is 19.6 Å². The van der Waals surface area contributed by atoms with Gasteiger partial charge in [0.2, 0.25) is 0 Å². The van der Waals surface area contributed by atoms with Crippen LogP contribution in [0, 0.1) is 19.8 Å². The standard InChI is InChI=1S/C16H30N4O/c1-6-17-16(18-10-7-8-12(2)3)19-11-9-15-13(4)20-21-14(15)5/h12H,6-11H2,1-5H3,(H2,17,18,19). The van der Waals surface area contributed by atoms with Crippen molar-refractivity contribution in [2.45, 2.75) is 53.9 Å². The van der Waals surface area contributed by atoms with Crippen LogP contribution in [0.1, 0.15) is 50.6 Å². The highest BCUT2D eigenvalue weighted by molar-refractivity contribution is 5.79. The Kier molecular flexibility index (Phi) is 7.87. The lowest BCUT2D eigenvalue weighted by atomic mass is 10.1. The average Bonchev–Trinajstić information content (AvgIpc) is 2.74. The van der Waals surface area contributed by atoms with E-state index in [0.717, 1.165) is 55.8 Å². The summed E-state index contributed by atoms with van der Waals surface area (Å²) in [6.07, 6.45) is 3.26. The third kappa shape index (κ3) is 6.65. The van der Waals surface area contributed by atoms with Crippen LogP contribution in [0.25, 0.3) is 0 Å². The monoisotopic (exact) mass is 294 g/mol. The molecule has 0 saturated carbocycles. The van der Waals surface area contributed by atoms with E-state index in [1.54, 1.807) is 0 Å². The number of hydrogen-bond acceptors (Lipinski definition) is 3. The van der Waals surface area contributed by atoms with Crippen LogP contribution in [0.15, 0.2) is 9.52 Å². The summed E-state index contributed by atoms with van der Waals surface area (Å²) in [5, 5.41) is 10.6. The van der Waals surface area contributed by atoms with Gasteiger partial charge in [0.25, 0.3) is 0 Å². The van der Waals surface area contributed by atoms with Crippen molar-refractivity contribution < 1.29 is 4.52 Å². The topological polar surface area (TPSA) is 62.5 Å². The average molecular weight is 294 g/mol. The van der Waals surface area contributed by atoms with Gasteiger partial charge in [0.05, 0.1) is 5.69 Å². The molecule has 1 rings (SSSR count). The first kappa shape index (κ1) is 17.5. The zero-order valence-corrected chi connectivity index (χ0v) is 14.1. The fourth-order valence-corrected chi connectivity index (χ4v) is 2.20. The van der Waals surface area contributed by atoms with Crippen LogP contribution in [-0.4, -0.2) is 30.8 Å². The van der Waals surface area contributed by atoms with Crippen LogP contribution in [0.3, 0.4) is 0 Å². The van der Waals surface area contributed by atoms with Crippen molar-refractivity contribution >= 4 is 5.96 Å². The van der Waals surface area contributed by atoms with Crippen molar-refractivity contribution in [3.05, 3.63) is 17.0 Å². The number of aromatic nitrogens is 1. The summed E-state index contributed by atoms with van der Waals surface area (Å²) in [6.45, 7) is 13.1. The third-order valence-electron chi connectivity index (χ3n) is 3.40. The van der Waals surface area contributed by atoms with Crippen LogP contribution < -0.4 is 10.6 Å². The Morgan fingerprint density at radius 1 is 1.29 bits per heavy atom. The zero-order chi connectivity index (χ0) is 15.7. The molecule has 0 radical (unpaired) electrons. The van der Waals surface area contributed by atoms with Crippen LogP contribution >= 0.6 is 0 Å². The normalized spacial score (nSPS) is 12.0. The number of hydrogen-bond donors (Lipinski definition) is 2. The maximum absolute atomic E-state index is 5.18. The summed E-state index contributed by atoms with van der Waals surface area (Å²) in [5.41, 5.74) is 2.17. The number of aryl methyl sites for hydroxylation is 2. The first-order chi connectivity index (χ1) is 10.0. The van der Waals surface area contributed by atoms with Crippen LogP contribution in [0.2, 0.25) is 0 Å². The third-order valence-corrected chi connectivity index (χ3v) is 3.40. The Balaban J connectivity index is 2.38. The molecule has 0 aliphatic carbocycles. The summed E-state index contributed by atoms with van der Waals surface area (Å²) in [6, 6.07) is 0. The minimum Gasteiger partial charge on any atom is -0.361 e. The van der Waals surface area contributed by atoms with E-state index < -0.39 is 0 Å². The van der Waals surface area contributed by atoms with Crippen molar-refractivity contribution in [1.29, 1.82) is 0 Å². The van der Waals surface area contributed by atoms with E-state index in [2.05, 4.69) is 41.6 Å². The number of nitrogens with one attached hydrogen (secondary N) is 2. The molecule has 0 spiro atoms. The van der Waals surface area contributed by atoms with Gasteiger partial charge >= 0.3 is 0 Å². The maximum atomic E-state index is 5.18. The first-order valence-corrected chi connectivity index (χ1v) is 7.98. The summed E-state index contributed by atoms with van der Waals surface area (Å²) in [5.74, 6) is 2.55. The summed E-state index contributed by atoms with van der Waals surface area (Å²) in [7, 11) is 0. The largest absolute Gasteiger partial charge is 0.361 e. The van der Waals surface area contributed by atoms with E-state index in [4.69, 9.17) is 4.52 Å². The second-order valence-corrected chi connectivity index (χ2v) is 5.78. The van der Waals surface area contributed by atoms with Gasteiger partial charge in [0.15, 0.2) is 5.96 Å². The van der Waals surface area contributed by atoms with E-state index in [9.17, 15) is 0 Å². The van der Waals surface area contributed by atoms with E-state index in [-0.39, 0.29) is 0 Å². The summed E-state index contributed by atoms with van der Waals surface area (Å²) in [4.78, 5) is 4.60. The Bertz CT molecular complexity index is 418. The molecule has 2 N–H and O–H groups in total. The van der Waals surface area contributed by atoms with Crippen molar-refractivity contribution in [3.63, 3.8) is 0 Å². The van der Waals surface area contributed by atoms with Crippen LogP contribution in [-0.2, 0) is 6.42 Å². The molecule has 5 nitrogen and oxygen atoms in total. The van der Waals surface area contributed by atoms with Crippen molar-refractivity contribution in [2.24, 2.45) is 10.9 Å². The highest BCUT2D eigenvalue weighted by Gasteiger charge is 2.08. The molecule has 0 atom stereocenters. The molecular weight excluding hydrogens is 264 g/mol. The minimum atomic E-state index is 0.746. The molecule has 5 heteroatoms. The van der Waals surface area contributed by atoms with Gasteiger partial charge in [-0.25, -0.2) is 0 Å². The Labute approximate surface area is 128 Å². The lowest BCUT2D eigenvalue weighted by Crippen LogP contribution is -2.38. The molecule has 0 aromatic carbocycles. The molecule has 0 saturated heterocycles. The number of nitrogens with zero attached hydrogens (tertiary/aromatic N) is 2. The fraction of sp³-hybridized carbons (Fsp3) is 0.750. The fourth-order valence-electron chi connectivity index (χ4n) is 2.20. The van der Waals surface area contributed by atoms with E-state index in [1.165, 1.54) is 12.0 Å². The van der Waals surface area contributed by atoms with Gasteiger partial charge < -0.3 is 15.2 Å². The molecular formula is C16H30N4O.